The Labute approximate surface area is 111 Å². The summed E-state index contributed by atoms with van der Waals surface area (Å²) in [7, 11) is -0.690. The van der Waals surface area contributed by atoms with Crippen LogP contribution in [0.2, 0.25) is 0 Å². The van der Waals surface area contributed by atoms with Crippen LogP contribution in [0.1, 0.15) is 27.7 Å². The van der Waals surface area contributed by atoms with Gasteiger partial charge < -0.3 is 13.7 Å². The molecule has 0 unspecified atom stereocenters. The molecule has 5 heteroatoms. The molecule has 0 amide bonds. The van der Waals surface area contributed by atoms with Gasteiger partial charge in [0.2, 0.25) is 0 Å². The van der Waals surface area contributed by atoms with Gasteiger partial charge in [0.05, 0.1) is 17.5 Å². The topological polar surface area (TPSA) is 31.6 Å². The van der Waals surface area contributed by atoms with Crippen molar-refractivity contribution in [1.29, 1.82) is 0 Å². The van der Waals surface area contributed by atoms with Crippen molar-refractivity contribution >= 4 is 23.6 Å². The maximum atomic E-state index is 14.1. The molecule has 2 aromatic rings. The lowest BCUT2D eigenvalue weighted by Gasteiger charge is -2.32. The second-order valence-corrected chi connectivity index (χ2v) is 5.92. The summed E-state index contributed by atoms with van der Waals surface area (Å²) in [5.74, 6) is -0.374. The first kappa shape index (κ1) is 12.7. The first-order valence-electron chi connectivity index (χ1n) is 6.32. The van der Waals surface area contributed by atoms with Gasteiger partial charge in [0, 0.05) is 16.9 Å². The zero-order valence-electron chi connectivity index (χ0n) is 11.5. The van der Waals surface area contributed by atoms with E-state index in [0.717, 1.165) is 5.39 Å². The third kappa shape index (κ3) is 1.88. The molecule has 1 aliphatic rings. The van der Waals surface area contributed by atoms with Gasteiger partial charge in [-0.1, -0.05) is 0 Å². The van der Waals surface area contributed by atoms with Crippen molar-refractivity contribution in [3.63, 3.8) is 0 Å². The Kier molecular flexibility index (Phi) is 2.56. The molecular formula is C14H16BFO3. The molecule has 0 atom stereocenters. The van der Waals surface area contributed by atoms with E-state index in [4.69, 9.17) is 13.7 Å². The Morgan fingerprint density at radius 1 is 1.05 bits per heavy atom. The molecule has 0 bridgehead atoms. The molecule has 2 heterocycles. The highest BCUT2D eigenvalue weighted by atomic mass is 19.1. The van der Waals surface area contributed by atoms with E-state index in [9.17, 15) is 4.39 Å². The Morgan fingerprint density at radius 2 is 1.68 bits per heavy atom. The summed E-state index contributed by atoms with van der Waals surface area (Å²) in [5, 5.41) is 0.839. The summed E-state index contributed by atoms with van der Waals surface area (Å²) < 4.78 is 31.0. The number of rotatable bonds is 1. The molecule has 0 radical (unpaired) electrons. The molecule has 1 saturated heterocycles. The van der Waals surface area contributed by atoms with E-state index < -0.39 is 18.3 Å². The number of hydrogen-bond acceptors (Lipinski definition) is 3. The predicted molar refractivity (Wildman–Crippen MR) is 71.9 cm³/mol. The van der Waals surface area contributed by atoms with Gasteiger partial charge >= 0.3 is 7.12 Å². The van der Waals surface area contributed by atoms with Crippen LogP contribution >= 0.6 is 0 Å². The van der Waals surface area contributed by atoms with E-state index >= 15 is 0 Å². The lowest BCUT2D eigenvalue weighted by Crippen LogP contribution is -2.41. The van der Waals surface area contributed by atoms with Gasteiger partial charge in [0.15, 0.2) is 0 Å². The number of hydrogen-bond donors (Lipinski definition) is 0. The first-order chi connectivity index (χ1) is 8.80. The second-order valence-electron chi connectivity index (χ2n) is 5.92. The molecule has 0 spiro atoms. The van der Waals surface area contributed by atoms with Crippen LogP contribution in [0, 0.1) is 5.82 Å². The molecule has 3 nitrogen and oxygen atoms in total. The molecule has 3 rings (SSSR count). The zero-order valence-corrected chi connectivity index (χ0v) is 11.5. The lowest BCUT2D eigenvalue weighted by molar-refractivity contribution is 0.00578. The highest BCUT2D eigenvalue weighted by molar-refractivity contribution is 6.62. The summed E-state index contributed by atoms with van der Waals surface area (Å²) in [6.07, 6.45) is 1.54. The molecule has 1 aromatic heterocycles. The summed E-state index contributed by atoms with van der Waals surface area (Å²) >= 11 is 0. The van der Waals surface area contributed by atoms with Crippen molar-refractivity contribution < 1.29 is 18.1 Å². The van der Waals surface area contributed by atoms with Crippen LogP contribution in [-0.4, -0.2) is 18.3 Å². The Balaban J connectivity index is 2.04. The van der Waals surface area contributed by atoms with Gasteiger partial charge in [0.25, 0.3) is 0 Å². The van der Waals surface area contributed by atoms with Crippen molar-refractivity contribution in [2.75, 3.05) is 0 Å². The van der Waals surface area contributed by atoms with Crippen LogP contribution in [0.4, 0.5) is 4.39 Å². The Hall–Kier alpha value is -1.33. The fraction of sp³-hybridized carbons (Fsp3) is 0.429. The fourth-order valence-corrected chi connectivity index (χ4v) is 2.15. The van der Waals surface area contributed by atoms with Crippen LogP contribution < -0.4 is 5.46 Å². The van der Waals surface area contributed by atoms with Crippen LogP contribution in [0.3, 0.4) is 0 Å². The van der Waals surface area contributed by atoms with E-state index in [0.29, 0.717) is 11.0 Å². The average molecular weight is 262 g/mol. The molecule has 1 fully saturated rings. The number of fused-ring (bicyclic) bond motifs is 1. The van der Waals surface area contributed by atoms with Crippen molar-refractivity contribution in [2.24, 2.45) is 0 Å². The molecule has 0 N–H and O–H groups in total. The maximum Gasteiger partial charge on any atom is 0.497 e. The highest BCUT2D eigenvalue weighted by Crippen LogP contribution is 2.36. The molecule has 0 aliphatic carbocycles. The summed E-state index contributed by atoms with van der Waals surface area (Å²) in [5.41, 5.74) is -0.0180. The van der Waals surface area contributed by atoms with Crippen LogP contribution in [0.25, 0.3) is 11.0 Å². The normalized spacial score (nSPS) is 21.2. The summed E-state index contributed by atoms with van der Waals surface area (Å²) in [6, 6.07) is 4.88. The van der Waals surface area contributed by atoms with Crippen LogP contribution in [0.5, 0.6) is 0 Å². The minimum absolute atomic E-state index is 0.374. The molecule has 0 saturated carbocycles. The predicted octanol–water partition coefficient (Wildman–Crippen LogP) is 2.87. The van der Waals surface area contributed by atoms with Gasteiger partial charge in [-0.25, -0.2) is 4.39 Å². The standard InChI is InChI=1S/C14H16BFO3/c1-13(2)14(3,4)19-15(18-13)10-7-9-5-6-17-12(9)8-11(10)16/h5-8H,1-4H3. The highest BCUT2D eigenvalue weighted by Gasteiger charge is 2.52. The van der Waals surface area contributed by atoms with E-state index in [2.05, 4.69) is 0 Å². The van der Waals surface area contributed by atoms with E-state index in [1.54, 1.807) is 12.1 Å². The van der Waals surface area contributed by atoms with E-state index in [-0.39, 0.29) is 5.82 Å². The van der Waals surface area contributed by atoms with Crippen molar-refractivity contribution in [2.45, 2.75) is 38.9 Å². The van der Waals surface area contributed by atoms with Gasteiger partial charge in [-0.3, -0.25) is 0 Å². The van der Waals surface area contributed by atoms with E-state index in [1.165, 1.54) is 12.3 Å². The smallest absolute Gasteiger partial charge is 0.464 e. The van der Waals surface area contributed by atoms with Crippen molar-refractivity contribution in [1.82, 2.24) is 0 Å². The molecule has 1 aliphatic heterocycles. The number of halogens is 1. The maximum absolute atomic E-state index is 14.1. The average Bonchev–Trinajstić information content (AvgIpc) is 2.80. The Morgan fingerprint density at radius 3 is 2.32 bits per heavy atom. The summed E-state index contributed by atoms with van der Waals surface area (Å²) in [6.45, 7) is 7.78. The fourth-order valence-electron chi connectivity index (χ4n) is 2.15. The monoisotopic (exact) mass is 262 g/mol. The quantitative estimate of drug-likeness (QED) is 0.740. The van der Waals surface area contributed by atoms with Gasteiger partial charge in [-0.15, -0.1) is 0 Å². The minimum Gasteiger partial charge on any atom is -0.464 e. The molecule has 1 aromatic carbocycles. The van der Waals surface area contributed by atoms with Gasteiger partial charge in [-0.05, 0) is 39.8 Å². The molecular weight excluding hydrogens is 246 g/mol. The van der Waals surface area contributed by atoms with Gasteiger partial charge in [0.1, 0.15) is 11.4 Å². The van der Waals surface area contributed by atoms with Crippen LogP contribution in [0.15, 0.2) is 28.9 Å². The van der Waals surface area contributed by atoms with E-state index in [1.807, 2.05) is 27.7 Å². The third-order valence-corrected chi connectivity index (χ3v) is 4.08. The third-order valence-electron chi connectivity index (χ3n) is 4.08. The van der Waals surface area contributed by atoms with Crippen molar-refractivity contribution in [3.8, 4) is 0 Å². The number of benzene rings is 1. The van der Waals surface area contributed by atoms with Crippen LogP contribution in [-0.2, 0) is 9.31 Å². The summed E-state index contributed by atoms with van der Waals surface area (Å²) in [4.78, 5) is 0. The second kappa shape index (κ2) is 3.84. The Bertz CT molecular complexity index is 617. The van der Waals surface area contributed by atoms with Crippen molar-refractivity contribution in [3.05, 3.63) is 30.3 Å². The molecule has 19 heavy (non-hydrogen) atoms. The largest absolute Gasteiger partial charge is 0.497 e. The number of furan rings is 1. The van der Waals surface area contributed by atoms with Gasteiger partial charge in [-0.2, -0.15) is 0 Å². The minimum atomic E-state index is -0.690. The lowest BCUT2D eigenvalue weighted by atomic mass is 9.78. The SMILES string of the molecule is CC1(C)OB(c2cc3ccoc3cc2F)OC1(C)C. The first-order valence-corrected chi connectivity index (χ1v) is 6.32. The zero-order chi connectivity index (χ0) is 13.8. The molecule has 100 valence electrons.